The summed E-state index contributed by atoms with van der Waals surface area (Å²) >= 11 is 0. The first-order valence-corrected chi connectivity index (χ1v) is 5.89. The van der Waals surface area contributed by atoms with Crippen LogP contribution in [0.2, 0.25) is 0 Å². The fraction of sp³-hybridized carbons (Fsp3) is 0.231. The lowest BCUT2D eigenvalue weighted by molar-refractivity contribution is -0.147. The highest BCUT2D eigenvalue weighted by Gasteiger charge is 2.42. The predicted molar refractivity (Wildman–Crippen MR) is 66.1 cm³/mol. The lowest BCUT2D eigenvalue weighted by Gasteiger charge is -2.17. The van der Waals surface area contributed by atoms with E-state index < -0.39 is 42.3 Å². The van der Waals surface area contributed by atoms with Crippen LogP contribution in [0.3, 0.4) is 0 Å². The molecule has 0 saturated heterocycles. The zero-order valence-electron chi connectivity index (χ0n) is 10.6. The van der Waals surface area contributed by atoms with Crippen molar-refractivity contribution in [3.05, 3.63) is 41.3 Å². The highest BCUT2D eigenvalue weighted by atomic mass is 16.6. The number of hydrogen-bond donors (Lipinski definition) is 4. The summed E-state index contributed by atoms with van der Waals surface area (Å²) in [5.41, 5.74) is -0.200. The van der Waals surface area contributed by atoms with Gasteiger partial charge in [0.15, 0.2) is 6.10 Å². The van der Waals surface area contributed by atoms with Crippen LogP contribution in [0.5, 0.6) is 5.75 Å². The molecular weight excluding hydrogens is 284 g/mol. The maximum absolute atomic E-state index is 11.9. The maximum Gasteiger partial charge on any atom is 0.378 e. The average molecular weight is 296 g/mol. The Labute approximate surface area is 118 Å². The van der Waals surface area contributed by atoms with Crippen LogP contribution < -0.4 is 0 Å². The standard InChI is InChI=1S/C13H12O8/c14-5-8(16)10-11(9(17)13(19)20-10)21-12(18)6-3-1-2-4-7(6)15/h1-4,8,10,14-17H,5H2/t8-,10+/m0/s1. The molecule has 112 valence electrons. The lowest BCUT2D eigenvalue weighted by atomic mass is 10.1. The van der Waals surface area contributed by atoms with E-state index in [4.69, 9.17) is 9.84 Å². The van der Waals surface area contributed by atoms with Gasteiger partial charge in [-0.2, -0.15) is 0 Å². The van der Waals surface area contributed by atoms with Crippen molar-refractivity contribution in [1.82, 2.24) is 0 Å². The number of esters is 2. The van der Waals surface area contributed by atoms with Crippen LogP contribution in [0.4, 0.5) is 0 Å². The van der Waals surface area contributed by atoms with Gasteiger partial charge in [-0.3, -0.25) is 0 Å². The van der Waals surface area contributed by atoms with Gasteiger partial charge in [0, 0.05) is 0 Å². The number of ether oxygens (including phenoxy) is 2. The van der Waals surface area contributed by atoms with Crippen LogP contribution in [0.15, 0.2) is 35.8 Å². The third-order valence-electron chi connectivity index (χ3n) is 2.78. The summed E-state index contributed by atoms with van der Waals surface area (Å²) < 4.78 is 9.40. The van der Waals surface area contributed by atoms with Crippen LogP contribution in [-0.2, 0) is 14.3 Å². The minimum absolute atomic E-state index is 0.200. The Hall–Kier alpha value is -2.58. The molecule has 0 amide bonds. The molecule has 1 heterocycles. The van der Waals surface area contributed by atoms with E-state index in [1.807, 2.05) is 0 Å². The molecule has 1 aliphatic rings. The van der Waals surface area contributed by atoms with Gasteiger partial charge >= 0.3 is 11.9 Å². The smallest absolute Gasteiger partial charge is 0.378 e. The lowest BCUT2D eigenvalue weighted by Crippen LogP contribution is -2.33. The summed E-state index contributed by atoms with van der Waals surface area (Å²) in [6.45, 7) is -0.775. The Kier molecular flexibility index (Phi) is 4.10. The quantitative estimate of drug-likeness (QED) is 0.551. The minimum atomic E-state index is -1.56. The van der Waals surface area contributed by atoms with Gasteiger partial charge in [0.2, 0.25) is 11.5 Å². The Balaban J connectivity index is 2.26. The summed E-state index contributed by atoms with van der Waals surface area (Å²) in [5.74, 6) is -4.19. The number of aliphatic hydroxyl groups is 3. The van der Waals surface area contributed by atoms with E-state index in [1.54, 1.807) is 0 Å². The number of benzene rings is 1. The minimum Gasteiger partial charge on any atom is -0.507 e. The molecule has 2 atom stereocenters. The van der Waals surface area contributed by atoms with Crippen LogP contribution in [0.1, 0.15) is 10.4 Å². The van der Waals surface area contributed by atoms with Gasteiger partial charge in [0.05, 0.1) is 6.61 Å². The molecule has 0 aliphatic carbocycles. The number of phenols is 1. The number of cyclic esters (lactones) is 1. The van der Waals surface area contributed by atoms with E-state index in [-0.39, 0.29) is 11.3 Å². The Bertz CT molecular complexity index is 606. The van der Waals surface area contributed by atoms with Crippen molar-refractivity contribution in [2.45, 2.75) is 12.2 Å². The SMILES string of the molecule is O=C1O[C@H]([C@@H](O)CO)C(OC(=O)c2ccccc2O)=C1O. The molecule has 0 fully saturated rings. The average Bonchev–Trinajstić information content (AvgIpc) is 2.75. The number of carbonyl (C=O) groups excluding carboxylic acids is 2. The van der Waals surface area contributed by atoms with E-state index in [2.05, 4.69) is 4.74 Å². The van der Waals surface area contributed by atoms with Crippen LogP contribution in [0.25, 0.3) is 0 Å². The van der Waals surface area contributed by atoms with E-state index in [9.17, 15) is 24.9 Å². The second-order valence-electron chi connectivity index (χ2n) is 4.20. The molecule has 1 aliphatic heterocycles. The summed E-state index contributed by atoms with van der Waals surface area (Å²) in [6.07, 6.45) is -3.07. The van der Waals surface area contributed by atoms with Gasteiger partial charge in [-0.25, -0.2) is 9.59 Å². The van der Waals surface area contributed by atoms with E-state index in [0.29, 0.717) is 0 Å². The summed E-state index contributed by atoms with van der Waals surface area (Å²) in [7, 11) is 0. The van der Waals surface area contributed by atoms with Crippen molar-refractivity contribution in [3.63, 3.8) is 0 Å². The summed E-state index contributed by atoms with van der Waals surface area (Å²) in [5, 5.41) is 37.4. The molecule has 1 aromatic carbocycles. The first kappa shape index (κ1) is 14.8. The van der Waals surface area contributed by atoms with Crippen molar-refractivity contribution in [2.24, 2.45) is 0 Å². The normalized spacial score (nSPS) is 19.3. The number of rotatable bonds is 4. The molecule has 21 heavy (non-hydrogen) atoms. The zero-order valence-corrected chi connectivity index (χ0v) is 10.6. The number of aromatic hydroxyl groups is 1. The molecular formula is C13H12O8. The number of hydrogen-bond acceptors (Lipinski definition) is 8. The van der Waals surface area contributed by atoms with Crippen LogP contribution in [-0.4, -0.2) is 51.2 Å². The molecule has 0 unspecified atom stereocenters. The maximum atomic E-state index is 11.9. The fourth-order valence-electron chi connectivity index (χ4n) is 1.72. The Morgan fingerprint density at radius 1 is 1.33 bits per heavy atom. The molecule has 8 heteroatoms. The molecule has 8 nitrogen and oxygen atoms in total. The number of phenolic OH excluding ortho intramolecular Hbond substituents is 1. The number of para-hydroxylation sites is 1. The molecule has 2 rings (SSSR count). The topological polar surface area (TPSA) is 134 Å². The van der Waals surface area contributed by atoms with Crippen molar-refractivity contribution in [3.8, 4) is 5.75 Å². The second-order valence-corrected chi connectivity index (χ2v) is 4.20. The van der Waals surface area contributed by atoms with Crippen LogP contribution >= 0.6 is 0 Å². The largest absolute Gasteiger partial charge is 0.507 e. The van der Waals surface area contributed by atoms with E-state index in [0.717, 1.165) is 0 Å². The third-order valence-corrected chi connectivity index (χ3v) is 2.78. The van der Waals surface area contributed by atoms with Gasteiger partial charge in [-0.05, 0) is 12.1 Å². The van der Waals surface area contributed by atoms with Gasteiger partial charge in [0.1, 0.15) is 17.4 Å². The number of aliphatic hydroxyl groups excluding tert-OH is 3. The molecule has 0 radical (unpaired) electrons. The molecule has 0 aromatic heterocycles. The summed E-state index contributed by atoms with van der Waals surface area (Å²) in [6, 6.07) is 5.48. The first-order chi connectivity index (χ1) is 9.95. The molecule has 0 bridgehead atoms. The molecule has 0 spiro atoms. The van der Waals surface area contributed by atoms with Gasteiger partial charge in [-0.15, -0.1) is 0 Å². The third kappa shape index (κ3) is 2.81. The highest BCUT2D eigenvalue weighted by molar-refractivity contribution is 5.95. The van der Waals surface area contributed by atoms with Gasteiger partial charge < -0.3 is 29.9 Å². The fourth-order valence-corrected chi connectivity index (χ4v) is 1.72. The number of carbonyl (C=O) groups is 2. The monoisotopic (exact) mass is 296 g/mol. The van der Waals surface area contributed by atoms with Crippen molar-refractivity contribution < 1.29 is 39.5 Å². The van der Waals surface area contributed by atoms with Crippen molar-refractivity contribution in [1.29, 1.82) is 0 Å². The predicted octanol–water partition coefficient (Wildman–Crippen LogP) is -0.403. The van der Waals surface area contributed by atoms with Gasteiger partial charge in [0.25, 0.3) is 0 Å². The highest BCUT2D eigenvalue weighted by Crippen LogP contribution is 2.27. The zero-order chi connectivity index (χ0) is 15.6. The molecule has 4 N–H and O–H groups in total. The second kappa shape index (κ2) is 5.81. The summed E-state index contributed by atoms with van der Waals surface area (Å²) in [4.78, 5) is 23.1. The molecule has 1 aromatic rings. The first-order valence-electron chi connectivity index (χ1n) is 5.89. The van der Waals surface area contributed by atoms with Crippen molar-refractivity contribution >= 4 is 11.9 Å². The molecule has 0 saturated carbocycles. The van der Waals surface area contributed by atoms with Crippen molar-refractivity contribution in [2.75, 3.05) is 6.61 Å². The Morgan fingerprint density at radius 2 is 2.00 bits per heavy atom. The van der Waals surface area contributed by atoms with E-state index in [1.165, 1.54) is 24.3 Å². The van der Waals surface area contributed by atoms with Gasteiger partial charge in [-0.1, -0.05) is 12.1 Å². The Morgan fingerprint density at radius 3 is 2.62 bits per heavy atom. The van der Waals surface area contributed by atoms with E-state index >= 15 is 0 Å². The van der Waals surface area contributed by atoms with Crippen LogP contribution in [0, 0.1) is 0 Å².